The molecule has 1 saturated heterocycles. The van der Waals surface area contributed by atoms with E-state index in [1.807, 2.05) is 25.7 Å². The van der Waals surface area contributed by atoms with Gasteiger partial charge in [0.15, 0.2) is 0 Å². The molecule has 0 aromatic rings. The van der Waals surface area contributed by atoms with Crippen LogP contribution in [0.1, 0.15) is 59.8 Å². The van der Waals surface area contributed by atoms with Crippen molar-refractivity contribution in [1.29, 1.82) is 0 Å². The Hall–Kier alpha value is -0.953. The fraction of sp³-hybridized carbons (Fsp3) is 0.833. The lowest BCUT2D eigenvalue weighted by molar-refractivity contribution is -0.0128. The highest BCUT2D eigenvalue weighted by Crippen LogP contribution is 2.33. The van der Waals surface area contributed by atoms with E-state index in [-0.39, 0.29) is 11.6 Å². The number of amides is 1. The standard InChI is InChI=1S/C18H33NO2Si/c1-17(2,3)21-16(20)19-14-10-8-12-18(19,4)13-9-11-15-22(5,6)7/h8-10,12-14H2,1-7H3. The van der Waals surface area contributed by atoms with Gasteiger partial charge in [0.25, 0.3) is 0 Å². The number of piperidine rings is 1. The zero-order valence-electron chi connectivity index (χ0n) is 15.5. The number of carbonyl (C=O) groups excluding carboxylic acids is 1. The lowest BCUT2D eigenvalue weighted by atomic mass is 9.85. The van der Waals surface area contributed by atoms with Gasteiger partial charge in [-0.2, -0.15) is 0 Å². The van der Waals surface area contributed by atoms with Crippen LogP contribution in [0.15, 0.2) is 0 Å². The largest absolute Gasteiger partial charge is 0.444 e. The zero-order valence-corrected chi connectivity index (χ0v) is 16.5. The summed E-state index contributed by atoms with van der Waals surface area (Å²) < 4.78 is 5.59. The smallest absolute Gasteiger partial charge is 0.410 e. The van der Waals surface area contributed by atoms with Gasteiger partial charge in [0.05, 0.1) is 0 Å². The van der Waals surface area contributed by atoms with Crippen LogP contribution in [0.2, 0.25) is 19.6 Å². The van der Waals surface area contributed by atoms with Crippen molar-refractivity contribution in [2.24, 2.45) is 0 Å². The van der Waals surface area contributed by atoms with Crippen molar-refractivity contribution in [1.82, 2.24) is 4.90 Å². The highest BCUT2D eigenvalue weighted by molar-refractivity contribution is 6.83. The molecule has 1 unspecified atom stereocenters. The average Bonchev–Trinajstić information content (AvgIpc) is 2.32. The minimum Gasteiger partial charge on any atom is -0.444 e. The summed E-state index contributed by atoms with van der Waals surface area (Å²) in [6.45, 7) is 15.5. The molecule has 22 heavy (non-hydrogen) atoms. The van der Waals surface area contributed by atoms with E-state index in [0.29, 0.717) is 0 Å². The van der Waals surface area contributed by atoms with Gasteiger partial charge in [0.1, 0.15) is 13.7 Å². The van der Waals surface area contributed by atoms with Crippen molar-refractivity contribution in [2.75, 3.05) is 6.54 Å². The van der Waals surface area contributed by atoms with Crippen LogP contribution in [-0.2, 0) is 4.74 Å². The Bertz CT molecular complexity index is 450. The Labute approximate surface area is 137 Å². The second-order valence-electron chi connectivity index (χ2n) is 8.64. The van der Waals surface area contributed by atoms with Crippen LogP contribution < -0.4 is 0 Å². The summed E-state index contributed by atoms with van der Waals surface area (Å²) in [5.41, 5.74) is 2.86. The molecular formula is C18H33NO2Si. The van der Waals surface area contributed by atoms with Crippen molar-refractivity contribution in [3.63, 3.8) is 0 Å². The van der Waals surface area contributed by atoms with E-state index in [9.17, 15) is 4.79 Å². The van der Waals surface area contributed by atoms with E-state index < -0.39 is 13.7 Å². The Balaban J connectivity index is 2.73. The van der Waals surface area contributed by atoms with Gasteiger partial charge in [-0.1, -0.05) is 19.6 Å². The van der Waals surface area contributed by atoms with Crippen LogP contribution in [0, 0.1) is 11.5 Å². The molecule has 126 valence electrons. The van der Waals surface area contributed by atoms with E-state index in [2.05, 4.69) is 38.0 Å². The van der Waals surface area contributed by atoms with Crippen molar-refractivity contribution < 1.29 is 9.53 Å². The summed E-state index contributed by atoms with van der Waals surface area (Å²) in [6.07, 6.45) is 4.91. The number of ether oxygens (including phenoxy) is 1. The van der Waals surface area contributed by atoms with E-state index in [1.165, 1.54) is 6.42 Å². The molecule has 0 saturated carbocycles. The SMILES string of the molecule is CC(C)(C)OC(=O)N1CCCCC1(C)CCC#C[Si](C)(C)C. The second kappa shape index (κ2) is 7.08. The van der Waals surface area contributed by atoms with E-state index in [0.717, 1.165) is 32.2 Å². The minimum atomic E-state index is -1.31. The summed E-state index contributed by atoms with van der Waals surface area (Å²) in [4.78, 5) is 14.4. The highest BCUT2D eigenvalue weighted by Gasteiger charge is 2.38. The molecule has 0 bridgehead atoms. The predicted molar refractivity (Wildman–Crippen MR) is 95.6 cm³/mol. The zero-order chi connectivity index (χ0) is 17.0. The van der Waals surface area contributed by atoms with Crippen LogP contribution in [0.4, 0.5) is 4.79 Å². The number of carbonyl (C=O) groups is 1. The first-order valence-corrected chi connectivity index (χ1v) is 11.9. The molecule has 0 N–H and O–H groups in total. The number of likely N-dealkylation sites (tertiary alicyclic amines) is 1. The van der Waals surface area contributed by atoms with Gasteiger partial charge in [-0.15, -0.1) is 11.5 Å². The van der Waals surface area contributed by atoms with E-state index in [1.54, 1.807) is 0 Å². The number of hydrogen-bond acceptors (Lipinski definition) is 2. The third kappa shape index (κ3) is 6.44. The lowest BCUT2D eigenvalue weighted by Gasteiger charge is -2.45. The molecule has 3 nitrogen and oxygen atoms in total. The van der Waals surface area contributed by atoms with E-state index in [4.69, 9.17) is 4.74 Å². The summed E-state index contributed by atoms with van der Waals surface area (Å²) >= 11 is 0. The molecule has 1 heterocycles. The number of nitrogens with zero attached hydrogens (tertiary/aromatic N) is 1. The molecule has 0 spiro atoms. The molecule has 1 rings (SSSR count). The van der Waals surface area contributed by atoms with Gasteiger partial charge in [0, 0.05) is 18.5 Å². The number of rotatable bonds is 2. The van der Waals surface area contributed by atoms with Crippen LogP contribution >= 0.6 is 0 Å². The monoisotopic (exact) mass is 323 g/mol. The normalized spacial score (nSPS) is 22.8. The fourth-order valence-electron chi connectivity index (χ4n) is 2.73. The number of hydrogen-bond donors (Lipinski definition) is 0. The van der Waals surface area contributed by atoms with Gasteiger partial charge >= 0.3 is 6.09 Å². The Morgan fingerprint density at radius 2 is 1.91 bits per heavy atom. The van der Waals surface area contributed by atoms with Crippen molar-refractivity contribution in [2.45, 2.75) is 90.6 Å². The summed E-state index contributed by atoms with van der Waals surface area (Å²) in [5, 5.41) is 0. The molecule has 0 radical (unpaired) electrons. The van der Waals surface area contributed by atoms with Crippen LogP contribution in [-0.4, -0.2) is 36.8 Å². The van der Waals surface area contributed by atoms with Gasteiger partial charge in [-0.3, -0.25) is 0 Å². The topological polar surface area (TPSA) is 29.5 Å². The fourth-order valence-corrected chi connectivity index (χ4v) is 3.38. The van der Waals surface area contributed by atoms with Crippen molar-refractivity contribution in [3.05, 3.63) is 0 Å². The summed E-state index contributed by atoms with van der Waals surface area (Å²) in [6, 6.07) is 0. The molecule has 1 aliphatic rings. The van der Waals surface area contributed by atoms with Crippen LogP contribution in [0.5, 0.6) is 0 Å². The molecule has 4 heteroatoms. The van der Waals surface area contributed by atoms with Gasteiger partial charge < -0.3 is 9.64 Å². The summed E-state index contributed by atoms with van der Waals surface area (Å²) in [5.74, 6) is 3.34. The third-order valence-corrected chi connectivity index (χ3v) is 4.79. The first-order chi connectivity index (χ1) is 9.93. The molecule has 0 aromatic heterocycles. The average molecular weight is 324 g/mol. The molecule has 1 amide bonds. The molecule has 1 fully saturated rings. The van der Waals surface area contributed by atoms with E-state index >= 15 is 0 Å². The van der Waals surface area contributed by atoms with Gasteiger partial charge in [-0.05, 0) is 53.4 Å². The summed E-state index contributed by atoms with van der Waals surface area (Å²) in [7, 11) is -1.31. The second-order valence-corrected chi connectivity index (χ2v) is 13.4. The minimum absolute atomic E-state index is 0.116. The van der Waals surface area contributed by atoms with Crippen LogP contribution in [0.3, 0.4) is 0 Å². The maximum atomic E-state index is 12.5. The lowest BCUT2D eigenvalue weighted by Crippen LogP contribution is -2.53. The predicted octanol–water partition coefficient (Wildman–Crippen LogP) is 4.83. The molecule has 1 atom stereocenters. The van der Waals surface area contributed by atoms with Gasteiger partial charge in [0.2, 0.25) is 0 Å². The molecule has 0 aliphatic carbocycles. The maximum absolute atomic E-state index is 12.5. The van der Waals surface area contributed by atoms with Crippen molar-refractivity contribution in [3.8, 4) is 11.5 Å². The maximum Gasteiger partial charge on any atom is 0.410 e. The Morgan fingerprint density at radius 3 is 2.45 bits per heavy atom. The Kier molecular flexibility index (Phi) is 6.15. The first kappa shape index (κ1) is 19.1. The highest BCUT2D eigenvalue weighted by atomic mass is 28.3. The van der Waals surface area contributed by atoms with Gasteiger partial charge in [-0.25, -0.2) is 4.79 Å². The van der Waals surface area contributed by atoms with Crippen molar-refractivity contribution >= 4 is 14.2 Å². The molecule has 0 aromatic carbocycles. The quantitative estimate of drug-likeness (QED) is 0.538. The molecule has 1 aliphatic heterocycles. The Morgan fingerprint density at radius 1 is 1.27 bits per heavy atom. The third-order valence-electron chi connectivity index (χ3n) is 3.86. The van der Waals surface area contributed by atoms with Crippen LogP contribution in [0.25, 0.3) is 0 Å². The first-order valence-electron chi connectivity index (χ1n) is 8.44. The molecular weight excluding hydrogens is 290 g/mol.